The highest BCUT2D eigenvalue weighted by Gasteiger charge is 2.31. The fourth-order valence-electron chi connectivity index (χ4n) is 3.42. The summed E-state index contributed by atoms with van der Waals surface area (Å²) in [5.74, 6) is 1.44. The molecule has 1 atom stereocenters. The number of ether oxygens (including phenoxy) is 1. The van der Waals surface area contributed by atoms with Crippen molar-refractivity contribution in [2.75, 3.05) is 13.2 Å². The van der Waals surface area contributed by atoms with E-state index < -0.39 is 0 Å². The first kappa shape index (κ1) is 18.7. The zero-order chi connectivity index (χ0) is 20.1. The van der Waals surface area contributed by atoms with Gasteiger partial charge in [0.25, 0.3) is 11.8 Å². The third-order valence-electron chi connectivity index (χ3n) is 4.93. The van der Waals surface area contributed by atoms with Gasteiger partial charge < -0.3 is 14.2 Å². The van der Waals surface area contributed by atoms with Gasteiger partial charge in [0.05, 0.1) is 17.7 Å². The Morgan fingerprint density at radius 1 is 1.17 bits per heavy atom. The van der Waals surface area contributed by atoms with Crippen molar-refractivity contribution in [3.63, 3.8) is 0 Å². The molecule has 2 heterocycles. The molecule has 2 aromatic carbocycles. The zero-order valence-corrected chi connectivity index (χ0v) is 15.8. The van der Waals surface area contributed by atoms with Crippen LogP contribution in [0, 0.1) is 11.3 Å². The quantitative estimate of drug-likeness (QED) is 0.661. The predicted molar refractivity (Wildman–Crippen MR) is 105 cm³/mol. The molecule has 7 heteroatoms. The van der Waals surface area contributed by atoms with E-state index in [4.69, 9.17) is 14.5 Å². The smallest absolute Gasteiger partial charge is 0.261 e. The normalized spacial score (nSPS) is 16.2. The SMILES string of the molecule is N#Cc1ccc(-c2nc([C@H]3CCCCN3C(=O)COc3ccccc3)no2)cc1. The number of hydrogen-bond acceptors (Lipinski definition) is 6. The van der Waals surface area contributed by atoms with Crippen LogP contribution >= 0.6 is 0 Å². The van der Waals surface area contributed by atoms with E-state index in [1.165, 1.54) is 0 Å². The van der Waals surface area contributed by atoms with Crippen molar-refractivity contribution >= 4 is 5.91 Å². The molecule has 1 fully saturated rings. The Morgan fingerprint density at radius 3 is 2.72 bits per heavy atom. The Balaban J connectivity index is 1.48. The molecule has 29 heavy (non-hydrogen) atoms. The lowest BCUT2D eigenvalue weighted by Gasteiger charge is -2.33. The van der Waals surface area contributed by atoms with Gasteiger partial charge >= 0.3 is 0 Å². The molecule has 0 spiro atoms. The van der Waals surface area contributed by atoms with Gasteiger partial charge in [-0.05, 0) is 55.7 Å². The minimum Gasteiger partial charge on any atom is -0.484 e. The molecule has 0 N–H and O–H groups in total. The molecule has 1 aliphatic heterocycles. The van der Waals surface area contributed by atoms with Gasteiger partial charge in [-0.3, -0.25) is 4.79 Å². The number of nitrogens with zero attached hydrogens (tertiary/aromatic N) is 4. The molecule has 1 amide bonds. The number of amides is 1. The van der Waals surface area contributed by atoms with Crippen LogP contribution in [0.2, 0.25) is 0 Å². The first-order valence-electron chi connectivity index (χ1n) is 9.56. The number of carbonyl (C=O) groups is 1. The monoisotopic (exact) mass is 388 g/mol. The molecule has 1 saturated heterocycles. The summed E-state index contributed by atoms with van der Waals surface area (Å²) in [6.07, 6.45) is 2.71. The minimum absolute atomic E-state index is 0.0269. The summed E-state index contributed by atoms with van der Waals surface area (Å²) in [7, 11) is 0. The van der Waals surface area contributed by atoms with Gasteiger partial charge in [-0.25, -0.2) is 0 Å². The van der Waals surface area contributed by atoms with Crippen molar-refractivity contribution in [3.8, 4) is 23.3 Å². The first-order chi connectivity index (χ1) is 14.2. The number of likely N-dealkylation sites (tertiary alicyclic amines) is 1. The van der Waals surface area contributed by atoms with Crippen LogP contribution in [0.15, 0.2) is 59.1 Å². The average Bonchev–Trinajstić information content (AvgIpc) is 3.28. The van der Waals surface area contributed by atoms with Crippen molar-refractivity contribution in [1.29, 1.82) is 5.26 Å². The number of hydrogen-bond donors (Lipinski definition) is 0. The number of nitriles is 1. The maximum atomic E-state index is 12.8. The van der Waals surface area contributed by atoms with Crippen molar-refractivity contribution in [1.82, 2.24) is 15.0 Å². The van der Waals surface area contributed by atoms with Crippen LogP contribution in [0.4, 0.5) is 0 Å². The fourth-order valence-corrected chi connectivity index (χ4v) is 3.42. The first-order valence-corrected chi connectivity index (χ1v) is 9.56. The van der Waals surface area contributed by atoms with Gasteiger partial charge in [0.1, 0.15) is 5.75 Å². The molecule has 146 valence electrons. The lowest BCUT2D eigenvalue weighted by Crippen LogP contribution is -2.41. The molecule has 0 saturated carbocycles. The van der Waals surface area contributed by atoms with Gasteiger partial charge in [0, 0.05) is 12.1 Å². The minimum atomic E-state index is -0.230. The van der Waals surface area contributed by atoms with Crippen LogP contribution in [-0.2, 0) is 4.79 Å². The summed E-state index contributed by atoms with van der Waals surface area (Å²) in [6.45, 7) is 0.614. The Hall–Kier alpha value is -3.66. The molecule has 3 aromatic rings. The van der Waals surface area contributed by atoms with Crippen LogP contribution in [0.1, 0.15) is 36.7 Å². The lowest BCUT2D eigenvalue weighted by molar-refractivity contribution is -0.137. The molecule has 0 radical (unpaired) electrons. The standard InChI is InChI=1S/C22H20N4O3/c23-14-16-9-11-17(12-10-16)22-24-21(25-29-22)19-8-4-5-13-26(19)20(27)15-28-18-6-2-1-3-7-18/h1-3,6-7,9-12,19H,4-5,8,13,15H2/t19-/m1/s1. The maximum absolute atomic E-state index is 12.8. The van der Waals surface area contributed by atoms with E-state index in [0.29, 0.717) is 29.6 Å². The summed E-state index contributed by atoms with van der Waals surface area (Å²) in [6, 6.07) is 18.1. The number of rotatable bonds is 5. The van der Waals surface area contributed by atoms with Crippen LogP contribution in [0.25, 0.3) is 11.5 Å². The van der Waals surface area contributed by atoms with Crippen molar-refractivity contribution < 1.29 is 14.1 Å². The van der Waals surface area contributed by atoms with Crippen LogP contribution in [-0.4, -0.2) is 34.1 Å². The van der Waals surface area contributed by atoms with Gasteiger partial charge in [-0.2, -0.15) is 10.2 Å². The Bertz CT molecular complexity index is 1010. The molecule has 7 nitrogen and oxygen atoms in total. The summed E-state index contributed by atoms with van der Waals surface area (Å²) in [5, 5.41) is 13.0. The topological polar surface area (TPSA) is 92.2 Å². The summed E-state index contributed by atoms with van der Waals surface area (Å²) < 4.78 is 11.0. The third kappa shape index (κ3) is 4.27. The van der Waals surface area contributed by atoms with Crippen LogP contribution in [0.5, 0.6) is 5.75 Å². The summed E-state index contributed by atoms with van der Waals surface area (Å²) in [5.41, 5.74) is 1.31. The zero-order valence-electron chi connectivity index (χ0n) is 15.8. The number of para-hydroxylation sites is 1. The van der Waals surface area contributed by atoms with Gasteiger partial charge in [-0.15, -0.1) is 0 Å². The molecular weight excluding hydrogens is 368 g/mol. The molecule has 0 bridgehead atoms. The second-order valence-corrected chi connectivity index (χ2v) is 6.85. The van der Waals surface area contributed by atoms with E-state index >= 15 is 0 Å². The number of carbonyl (C=O) groups excluding carboxylic acids is 1. The van der Waals surface area contributed by atoms with Crippen molar-refractivity contribution in [3.05, 3.63) is 66.0 Å². The van der Waals surface area contributed by atoms with E-state index in [-0.39, 0.29) is 18.6 Å². The van der Waals surface area contributed by atoms with E-state index in [1.54, 1.807) is 29.2 Å². The second kappa shape index (κ2) is 8.57. The number of piperidine rings is 1. The largest absolute Gasteiger partial charge is 0.484 e. The highest BCUT2D eigenvalue weighted by Crippen LogP contribution is 2.31. The molecule has 0 aliphatic carbocycles. The van der Waals surface area contributed by atoms with Crippen LogP contribution in [0.3, 0.4) is 0 Å². The van der Waals surface area contributed by atoms with E-state index in [0.717, 1.165) is 24.8 Å². The molecular formula is C22H20N4O3. The average molecular weight is 388 g/mol. The van der Waals surface area contributed by atoms with Gasteiger partial charge in [-0.1, -0.05) is 23.4 Å². The third-order valence-corrected chi connectivity index (χ3v) is 4.93. The number of aromatic nitrogens is 2. The Labute approximate surface area is 168 Å². The van der Waals surface area contributed by atoms with Crippen LogP contribution < -0.4 is 4.74 Å². The van der Waals surface area contributed by atoms with E-state index in [1.807, 2.05) is 30.3 Å². The highest BCUT2D eigenvalue weighted by molar-refractivity contribution is 5.78. The maximum Gasteiger partial charge on any atom is 0.261 e. The van der Waals surface area contributed by atoms with Crippen molar-refractivity contribution in [2.24, 2.45) is 0 Å². The lowest BCUT2D eigenvalue weighted by atomic mass is 10.0. The van der Waals surface area contributed by atoms with Gasteiger partial charge in [0.15, 0.2) is 12.4 Å². The Morgan fingerprint density at radius 2 is 1.97 bits per heavy atom. The Kier molecular flexibility index (Phi) is 5.52. The molecule has 4 rings (SSSR count). The predicted octanol–water partition coefficient (Wildman–Crippen LogP) is 3.74. The van der Waals surface area contributed by atoms with E-state index in [9.17, 15) is 4.79 Å². The van der Waals surface area contributed by atoms with Crippen molar-refractivity contribution in [2.45, 2.75) is 25.3 Å². The molecule has 0 unspecified atom stereocenters. The summed E-state index contributed by atoms with van der Waals surface area (Å²) in [4.78, 5) is 19.1. The van der Waals surface area contributed by atoms with Gasteiger partial charge in [0.2, 0.25) is 0 Å². The second-order valence-electron chi connectivity index (χ2n) is 6.85. The highest BCUT2D eigenvalue weighted by atomic mass is 16.5. The fraction of sp³-hybridized carbons (Fsp3) is 0.273. The number of benzene rings is 2. The van der Waals surface area contributed by atoms with E-state index in [2.05, 4.69) is 16.2 Å². The molecule has 1 aliphatic rings. The summed E-state index contributed by atoms with van der Waals surface area (Å²) >= 11 is 0. The molecule has 1 aromatic heterocycles.